The van der Waals surface area contributed by atoms with Gasteiger partial charge in [-0.3, -0.25) is 4.79 Å². The first-order valence-corrected chi connectivity index (χ1v) is 5.16. The van der Waals surface area contributed by atoms with E-state index in [1.807, 2.05) is 6.92 Å². The van der Waals surface area contributed by atoms with Crippen molar-refractivity contribution in [1.29, 1.82) is 0 Å². The van der Waals surface area contributed by atoms with E-state index in [9.17, 15) is 9.90 Å². The molecule has 0 heterocycles. The van der Waals surface area contributed by atoms with E-state index < -0.39 is 0 Å². The smallest absolute Gasteiger partial charge is 0.302 e. The van der Waals surface area contributed by atoms with E-state index >= 15 is 0 Å². The molecule has 0 aliphatic heterocycles. The van der Waals surface area contributed by atoms with Crippen LogP contribution in [0.4, 0.5) is 0 Å². The molecule has 0 spiro atoms. The average molecular weight is 224 g/mol. The number of aromatic hydroxyl groups is 2. The summed E-state index contributed by atoms with van der Waals surface area (Å²) in [6, 6.07) is 4.50. The van der Waals surface area contributed by atoms with Crippen molar-refractivity contribution < 1.29 is 19.7 Å². The lowest BCUT2D eigenvalue weighted by atomic mass is 9.97. The van der Waals surface area contributed by atoms with Crippen molar-refractivity contribution >= 4 is 5.97 Å². The maximum atomic E-state index is 10.6. The Hall–Kier alpha value is -1.71. The molecule has 0 bridgehead atoms. The molecule has 16 heavy (non-hydrogen) atoms. The second-order valence-corrected chi connectivity index (χ2v) is 3.77. The van der Waals surface area contributed by atoms with Crippen LogP contribution < -0.4 is 0 Å². The standard InChI is InChI=1S/C12H16O4/c1-8(5-6-16-9(2)13)11-4-3-10(14)7-12(11)15/h3-4,7-8,14-15H,5-6H2,1-2H3. The number of esters is 1. The Kier molecular flexibility index (Phi) is 4.17. The van der Waals surface area contributed by atoms with Crippen LogP contribution in [0.2, 0.25) is 0 Å². The maximum absolute atomic E-state index is 10.6. The number of carbonyl (C=O) groups is 1. The minimum Gasteiger partial charge on any atom is -0.508 e. The second-order valence-electron chi connectivity index (χ2n) is 3.77. The number of phenolic OH excluding ortho intramolecular Hbond substituents is 2. The summed E-state index contributed by atoms with van der Waals surface area (Å²) in [4.78, 5) is 10.6. The molecule has 0 aliphatic carbocycles. The zero-order valence-corrected chi connectivity index (χ0v) is 9.43. The highest BCUT2D eigenvalue weighted by Crippen LogP contribution is 2.30. The Balaban J connectivity index is 2.58. The van der Waals surface area contributed by atoms with Crippen molar-refractivity contribution in [2.45, 2.75) is 26.2 Å². The van der Waals surface area contributed by atoms with Gasteiger partial charge in [0.1, 0.15) is 11.5 Å². The van der Waals surface area contributed by atoms with E-state index in [1.165, 1.54) is 19.1 Å². The summed E-state index contributed by atoms with van der Waals surface area (Å²) < 4.78 is 4.83. The zero-order chi connectivity index (χ0) is 12.1. The number of benzene rings is 1. The summed E-state index contributed by atoms with van der Waals surface area (Å²) in [7, 11) is 0. The van der Waals surface area contributed by atoms with Crippen LogP contribution >= 0.6 is 0 Å². The number of ether oxygens (including phenoxy) is 1. The highest BCUT2D eigenvalue weighted by molar-refractivity contribution is 5.65. The van der Waals surface area contributed by atoms with E-state index in [0.29, 0.717) is 13.0 Å². The Labute approximate surface area is 94.5 Å². The molecule has 4 heteroatoms. The molecule has 0 radical (unpaired) electrons. The van der Waals surface area contributed by atoms with Crippen molar-refractivity contribution in [2.75, 3.05) is 6.61 Å². The molecular weight excluding hydrogens is 208 g/mol. The van der Waals surface area contributed by atoms with Gasteiger partial charge in [-0.15, -0.1) is 0 Å². The molecule has 0 fully saturated rings. The maximum Gasteiger partial charge on any atom is 0.302 e. The molecule has 1 aromatic rings. The molecular formula is C12H16O4. The molecule has 0 aliphatic rings. The third-order valence-electron chi connectivity index (χ3n) is 2.40. The van der Waals surface area contributed by atoms with E-state index in [1.54, 1.807) is 6.07 Å². The molecule has 0 saturated heterocycles. The lowest BCUT2D eigenvalue weighted by Crippen LogP contribution is -2.04. The van der Waals surface area contributed by atoms with Crippen LogP contribution in [0, 0.1) is 0 Å². The fourth-order valence-corrected chi connectivity index (χ4v) is 1.48. The van der Waals surface area contributed by atoms with Crippen molar-refractivity contribution in [2.24, 2.45) is 0 Å². The topological polar surface area (TPSA) is 66.8 Å². The molecule has 88 valence electrons. The van der Waals surface area contributed by atoms with Gasteiger partial charge in [0.25, 0.3) is 0 Å². The molecule has 0 aromatic heterocycles. The zero-order valence-electron chi connectivity index (χ0n) is 9.43. The lowest BCUT2D eigenvalue weighted by Gasteiger charge is -2.13. The predicted molar refractivity (Wildman–Crippen MR) is 59.4 cm³/mol. The van der Waals surface area contributed by atoms with Crippen molar-refractivity contribution in [1.82, 2.24) is 0 Å². The van der Waals surface area contributed by atoms with Crippen LogP contribution in [0.15, 0.2) is 18.2 Å². The SMILES string of the molecule is CC(=O)OCCC(C)c1ccc(O)cc1O. The van der Waals surface area contributed by atoms with E-state index in [4.69, 9.17) is 9.84 Å². The van der Waals surface area contributed by atoms with Gasteiger partial charge in [0, 0.05) is 13.0 Å². The number of phenols is 2. The van der Waals surface area contributed by atoms with Gasteiger partial charge in [0.05, 0.1) is 6.61 Å². The molecule has 4 nitrogen and oxygen atoms in total. The van der Waals surface area contributed by atoms with Crippen LogP contribution in [0.3, 0.4) is 0 Å². The average Bonchev–Trinajstić information content (AvgIpc) is 2.16. The van der Waals surface area contributed by atoms with Crippen molar-refractivity contribution in [3.8, 4) is 11.5 Å². The Morgan fingerprint density at radius 3 is 2.69 bits per heavy atom. The van der Waals surface area contributed by atoms with E-state index in [-0.39, 0.29) is 23.4 Å². The lowest BCUT2D eigenvalue weighted by molar-refractivity contribution is -0.141. The van der Waals surface area contributed by atoms with E-state index in [2.05, 4.69) is 0 Å². The first-order chi connectivity index (χ1) is 7.50. The first kappa shape index (κ1) is 12.4. The molecule has 1 aromatic carbocycles. The van der Waals surface area contributed by atoms with Gasteiger partial charge >= 0.3 is 5.97 Å². The fourth-order valence-electron chi connectivity index (χ4n) is 1.48. The summed E-state index contributed by atoms with van der Waals surface area (Å²) >= 11 is 0. The third kappa shape index (κ3) is 3.46. The quantitative estimate of drug-likeness (QED) is 0.769. The monoisotopic (exact) mass is 224 g/mol. The number of carbonyl (C=O) groups excluding carboxylic acids is 1. The van der Waals surface area contributed by atoms with Crippen LogP contribution in [0.25, 0.3) is 0 Å². The summed E-state index contributed by atoms with van der Waals surface area (Å²) in [5.74, 6) is -0.133. The summed E-state index contributed by atoms with van der Waals surface area (Å²) in [5, 5.41) is 18.7. The highest BCUT2D eigenvalue weighted by atomic mass is 16.5. The van der Waals surface area contributed by atoms with Gasteiger partial charge in [-0.1, -0.05) is 13.0 Å². The number of hydrogen-bond acceptors (Lipinski definition) is 4. The minimum absolute atomic E-state index is 0.0356. The normalized spacial score (nSPS) is 12.1. The van der Waals surface area contributed by atoms with Crippen LogP contribution in [-0.4, -0.2) is 22.8 Å². The summed E-state index contributed by atoms with van der Waals surface area (Å²) in [5.41, 5.74) is 0.741. The van der Waals surface area contributed by atoms with Crippen LogP contribution in [0.1, 0.15) is 31.7 Å². The third-order valence-corrected chi connectivity index (χ3v) is 2.40. The second kappa shape index (κ2) is 5.39. The van der Waals surface area contributed by atoms with E-state index in [0.717, 1.165) is 5.56 Å². The molecule has 0 saturated carbocycles. The molecule has 2 N–H and O–H groups in total. The van der Waals surface area contributed by atoms with Crippen molar-refractivity contribution in [3.05, 3.63) is 23.8 Å². The summed E-state index contributed by atoms with van der Waals surface area (Å²) in [6.07, 6.45) is 0.637. The van der Waals surface area contributed by atoms with Gasteiger partial charge in [-0.2, -0.15) is 0 Å². The molecule has 0 amide bonds. The minimum atomic E-state index is -0.304. The Morgan fingerprint density at radius 2 is 2.12 bits per heavy atom. The molecule has 1 rings (SSSR count). The van der Waals surface area contributed by atoms with Gasteiger partial charge in [0.15, 0.2) is 0 Å². The largest absolute Gasteiger partial charge is 0.508 e. The number of rotatable bonds is 4. The van der Waals surface area contributed by atoms with Gasteiger partial charge in [-0.05, 0) is 24.0 Å². The van der Waals surface area contributed by atoms with Gasteiger partial charge < -0.3 is 14.9 Å². The van der Waals surface area contributed by atoms with Crippen LogP contribution in [-0.2, 0) is 9.53 Å². The molecule has 1 atom stereocenters. The number of hydrogen-bond donors (Lipinski definition) is 2. The van der Waals surface area contributed by atoms with Gasteiger partial charge in [0.2, 0.25) is 0 Å². The predicted octanol–water partition coefficient (Wildman–Crippen LogP) is 2.15. The Bertz CT molecular complexity index is 373. The van der Waals surface area contributed by atoms with Crippen LogP contribution in [0.5, 0.6) is 11.5 Å². The fraction of sp³-hybridized carbons (Fsp3) is 0.417. The Morgan fingerprint density at radius 1 is 1.44 bits per heavy atom. The first-order valence-electron chi connectivity index (χ1n) is 5.16. The highest BCUT2D eigenvalue weighted by Gasteiger charge is 2.11. The van der Waals surface area contributed by atoms with Crippen molar-refractivity contribution in [3.63, 3.8) is 0 Å². The summed E-state index contributed by atoms with van der Waals surface area (Å²) in [6.45, 7) is 3.62. The molecule has 1 unspecified atom stereocenters. The van der Waals surface area contributed by atoms with Gasteiger partial charge in [-0.25, -0.2) is 0 Å².